The van der Waals surface area contributed by atoms with E-state index in [1.54, 1.807) is 0 Å². The van der Waals surface area contributed by atoms with Gasteiger partial charge in [0, 0.05) is 11.1 Å². The Morgan fingerprint density at radius 1 is 0.846 bits per heavy atom. The van der Waals surface area contributed by atoms with Crippen molar-refractivity contribution >= 4 is 11.6 Å². The van der Waals surface area contributed by atoms with E-state index in [0.29, 0.717) is 0 Å². The van der Waals surface area contributed by atoms with Crippen molar-refractivity contribution < 1.29 is 4.79 Å². The zero-order chi connectivity index (χ0) is 18.1. The molecule has 0 saturated heterocycles. The number of carbonyl (C=O) groups is 1. The third-order valence-electron chi connectivity index (χ3n) is 5.63. The molecule has 1 atom stereocenters. The lowest BCUT2D eigenvalue weighted by Crippen LogP contribution is -2.22. The minimum absolute atomic E-state index is 0.0473. The minimum Gasteiger partial charge on any atom is -0.326 e. The fourth-order valence-corrected chi connectivity index (χ4v) is 3.90. The molecule has 2 heteroatoms. The van der Waals surface area contributed by atoms with Crippen LogP contribution in [0.25, 0.3) is 0 Å². The molecular formula is C24H23NO. The van der Waals surface area contributed by atoms with Crippen molar-refractivity contribution in [3.8, 4) is 0 Å². The Labute approximate surface area is 154 Å². The number of rotatable bonds is 4. The van der Waals surface area contributed by atoms with Gasteiger partial charge in [0.25, 0.3) is 0 Å². The number of benzene rings is 3. The summed E-state index contributed by atoms with van der Waals surface area (Å²) in [5, 5.41) is 3.13. The maximum atomic E-state index is 13.0. The van der Waals surface area contributed by atoms with Crippen LogP contribution in [0.2, 0.25) is 0 Å². The molecule has 3 aromatic carbocycles. The van der Waals surface area contributed by atoms with Crippen LogP contribution in [-0.2, 0) is 10.2 Å². The molecule has 26 heavy (non-hydrogen) atoms. The molecule has 1 aliphatic rings. The predicted octanol–water partition coefficient (Wildman–Crippen LogP) is 5.25. The normalized spacial score (nSPS) is 17.5. The zero-order valence-electron chi connectivity index (χ0n) is 15.2. The van der Waals surface area contributed by atoms with Crippen LogP contribution in [0.3, 0.4) is 0 Å². The maximum absolute atomic E-state index is 13.0. The number of amides is 1. The van der Waals surface area contributed by atoms with Gasteiger partial charge in [0.1, 0.15) is 0 Å². The van der Waals surface area contributed by atoms with Crippen molar-refractivity contribution in [2.75, 3.05) is 5.32 Å². The van der Waals surface area contributed by atoms with E-state index in [4.69, 9.17) is 0 Å². The minimum atomic E-state index is -0.216. The van der Waals surface area contributed by atoms with Crippen molar-refractivity contribution in [3.05, 3.63) is 101 Å². The van der Waals surface area contributed by atoms with Crippen molar-refractivity contribution in [2.24, 2.45) is 5.92 Å². The van der Waals surface area contributed by atoms with Gasteiger partial charge in [-0.2, -0.15) is 0 Å². The SMILES string of the molecule is Cc1ccc(NC(=O)[C@@H]2CC2(c2ccccc2)c2ccccc2)cc1C. The summed E-state index contributed by atoms with van der Waals surface area (Å²) in [4.78, 5) is 13.0. The second-order valence-electron chi connectivity index (χ2n) is 7.25. The Balaban J connectivity index is 1.64. The highest BCUT2D eigenvalue weighted by molar-refractivity contribution is 5.97. The first kappa shape index (κ1) is 16.6. The van der Waals surface area contributed by atoms with E-state index < -0.39 is 0 Å². The van der Waals surface area contributed by atoms with Crippen LogP contribution in [0, 0.1) is 19.8 Å². The number of carbonyl (C=O) groups excluding carboxylic acids is 1. The van der Waals surface area contributed by atoms with E-state index in [0.717, 1.165) is 12.1 Å². The standard InChI is InChI=1S/C24H23NO/c1-17-13-14-21(15-18(17)2)25-23(26)22-16-24(22,19-9-5-3-6-10-19)20-11-7-4-8-12-20/h3-15,22H,16H2,1-2H3,(H,25,26)/t22-/m0/s1. The second kappa shape index (κ2) is 6.45. The molecule has 0 unspecified atom stereocenters. The summed E-state index contributed by atoms with van der Waals surface area (Å²) < 4.78 is 0. The van der Waals surface area contributed by atoms with Gasteiger partial charge < -0.3 is 5.32 Å². The van der Waals surface area contributed by atoms with Gasteiger partial charge in [0.2, 0.25) is 5.91 Å². The fraction of sp³-hybridized carbons (Fsp3) is 0.208. The van der Waals surface area contributed by atoms with Gasteiger partial charge in [-0.05, 0) is 54.7 Å². The molecule has 1 aliphatic carbocycles. The lowest BCUT2D eigenvalue weighted by Gasteiger charge is -2.19. The Kier molecular flexibility index (Phi) is 4.12. The van der Waals surface area contributed by atoms with E-state index in [2.05, 4.69) is 73.8 Å². The van der Waals surface area contributed by atoms with Crippen LogP contribution >= 0.6 is 0 Å². The smallest absolute Gasteiger partial charge is 0.228 e. The summed E-state index contributed by atoms with van der Waals surface area (Å²) in [6.45, 7) is 4.15. The van der Waals surface area contributed by atoms with E-state index in [-0.39, 0.29) is 17.2 Å². The largest absolute Gasteiger partial charge is 0.326 e. The summed E-state index contributed by atoms with van der Waals surface area (Å²) >= 11 is 0. The van der Waals surface area contributed by atoms with Crippen molar-refractivity contribution in [2.45, 2.75) is 25.7 Å². The number of anilines is 1. The molecule has 1 fully saturated rings. The lowest BCUT2D eigenvalue weighted by molar-refractivity contribution is -0.117. The van der Waals surface area contributed by atoms with E-state index in [1.165, 1.54) is 22.3 Å². The van der Waals surface area contributed by atoms with Crippen molar-refractivity contribution in [1.29, 1.82) is 0 Å². The van der Waals surface area contributed by atoms with Crippen LogP contribution in [0.15, 0.2) is 78.9 Å². The first-order valence-corrected chi connectivity index (χ1v) is 9.10. The van der Waals surface area contributed by atoms with Crippen LogP contribution < -0.4 is 5.32 Å². The molecule has 3 aromatic rings. The summed E-state index contributed by atoms with van der Waals surface area (Å²) in [5.41, 5.74) is 5.51. The van der Waals surface area contributed by atoms with E-state index >= 15 is 0 Å². The van der Waals surface area contributed by atoms with Crippen molar-refractivity contribution in [3.63, 3.8) is 0 Å². The molecule has 4 rings (SSSR count). The molecule has 1 N–H and O–H groups in total. The average molecular weight is 341 g/mol. The monoisotopic (exact) mass is 341 g/mol. The van der Waals surface area contributed by atoms with Crippen molar-refractivity contribution in [1.82, 2.24) is 0 Å². The quantitative estimate of drug-likeness (QED) is 0.690. The Bertz CT molecular complexity index is 891. The summed E-state index contributed by atoms with van der Waals surface area (Å²) in [6, 6.07) is 26.9. The molecule has 0 spiro atoms. The van der Waals surface area contributed by atoms with Crippen LogP contribution in [0.4, 0.5) is 5.69 Å². The second-order valence-corrected chi connectivity index (χ2v) is 7.25. The number of aryl methyl sites for hydroxylation is 2. The molecule has 0 aromatic heterocycles. The molecule has 0 heterocycles. The summed E-state index contributed by atoms with van der Waals surface area (Å²) in [7, 11) is 0. The van der Waals surface area contributed by atoms with Crippen LogP contribution in [0.1, 0.15) is 28.7 Å². The van der Waals surface area contributed by atoms with Gasteiger partial charge in [0.15, 0.2) is 0 Å². The van der Waals surface area contributed by atoms with E-state index in [1.807, 2.05) is 24.3 Å². The molecule has 0 radical (unpaired) electrons. The van der Waals surface area contributed by atoms with Gasteiger partial charge in [-0.3, -0.25) is 4.79 Å². The van der Waals surface area contributed by atoms with Gasteiger partial charge in [-0.25, -0.2) is 0 Å². The Hall–Kier alpha value is -2.87. The molecule has 1 amide bonds. The first-order chi connectivity index (χ1) is 12.6. The number of hydrogen-bond donors (Lipinski definition) is 1. The molecular weight excluding hydrogens is 318 g/mol. The first-order valence-electron chi connectivity index (χ1n) is 9.10. The highest BCUT2D eigenvalue weighted by Gasteiger charge is 2.60. The fourth-order valence-electron chi connectivity index (χ4n) is 3.90. The third kappa shape index (κ3) is 2.82. The highest BCUT2D eigenvalue weighted by atomic mass is 16.2. The maximum Gasteiger partial charge on any atom is 0.228 e. The van der Waals surface area contributed by atoms with Crippen LogP contribution in [0.5, 0.6) is 0 Å². The van der Waals surface area contributed by atoms with E-state index in [9.17, 15) is 4.79 Å². The van der Waals surface area contributed by atoms with Crippen LogP contribution in [-0.4, -0.2) is 5.91 Å². The zero-order valence-corrected chi connectivity index (χ0v) is 15.2. The van der Waals surface area contributed by atoms with Gasteiger partial charge in [-0.1, -0.05) is 66.7 Å². The van der Waals surface area contributed by atoms with Gasteiger partial charge in [-0.15, -0.1) is 0 Å². The summed E-state index contributed by atoms with van der Waals surface area (Å²) in [6.07, 6.45) is 0.845. The average Bonchev–Trinajstić information content (AvgIpc) is 3.43. The molecule has 0 bridgehead atoms. The lowest BCUT2D eigenvalue weighted by atomic mass is 9.85. The molecule has 130 valence electrons. The number of nitrogens with one attached hydrogen (secondary N) is 1. The van der Waals surface area contributed by atoms with Gasteiger partial charge >= 0.3 is 0 Å². The Morgan fingerprint density at radius 3 is 1.96 bits per heavy atom. The molecule has 1 saturated carbocycles. The predicted molar refractivity (Wildman–Crippen MR) is 106 cm³/mol. The highest BCUT2D eigenvalue weighted by Crippen LogP contribution is 2.59. The topological polar surface area (TPSA) is 29.1 Å². The number of hydrogen-bond acceptors (Lipinski definition) is 1. The Morgan fingerprint density at radius 2 is 1.42 bits per heavy atom. The summed E-state index contributed by atoms with van der Waals surface area (Å²) in [5.74, 6) is 0.0508. The molecule has 0 aliphatic heterocycles. The molecule has 2 nitrogen and oxygen atoms in total. The van der Waals surface area contributed by atoms with Gasteiger partial charge in [0.05, 0.1) is 5.92 Å². The third-order valence-corrected chi connectivity index (χ3v) is 5.63.